The van der Waals surface area contributed by atoms with Crippen molar-refractivity contribution in [2.24, 2.45) is 0 Å². The van der Waals surface area contributed by atoms with E-state index in [4.69, 9.17) is 0 Å². The molecule has 2 aromatic rings. The molecule has 0 radical (unpaired) electrons. The lowest BCUT2D eigenvalue weighted by atomic mass is 10.2. The van der Waals surface area contributed by atoms with E-state index < -0.39 is 5.37 Å². The van der Waals surface area contributed by atoms with Gasteiger partial charge in [-0.05, 0) is 17.7 Å². The second-order valence-electron chi connectivity index (χ2n) is 4.67. The number of amides is 2. The summed E-state index contributed by atoms with van der Waals surface area (Å²) in [5.74, 6) is -0.393. The molecule has 1 heterocycles. The number of hydrogen-bond acceptors (Lipinski definition) is 3. The maximum atomic E-state index is 12.2. The molecule has 0 unspecified atom stereocenters. The van der Waals surface area contributed by atoms with Crippen LogP contribution in [0.3, 0.4) is 0 Å². The van der Waals surface area contributed by atoms with E-state index in [0.717, 1.165) is 10.5 Å². The van der Waals surface area contributed by atoms with Crippen LogP contribution in [0.2, 0.25) is 0 Å². The third kappa shape index (κ3) is 3.08. The smallest absolute Gasteiger partial charge is 0.253 e. The van der Waals surface area contributed by atoms with E-state index in [-0.39, 0.29) is 11.8 Å². The maximum Gasteiger partial charge on any atom is 0.253 e. The lowest BCUT2D eigenvalue weighted by Crippen LogP contribution is -2.46. The van der Waals surface area contributed by atoms with Crippen molar-refractivity contribution in [3.8, 4) is 0 Å². The SMILES string of the molecule is O=C1N[C@@H](C(=O)NCc2ccccc2)Sc2ccccc21. The van der Waals surface area contributed by atoms with Gasteiger partial charge in [0.15, 0.2) is 5.37 Å². The lowest BCUT2D eigenvalue weighted by molar-refractivity contribution is -0.121. The zero-order valence-electron chi connectivity index (χ0n) is 11.2. The molecule has 0 saturated carbocycles. The van der Waals surface area contributed by atoms with Crippen LogP contribution < -0.4 is 10.6 Å². The van der Waals surface area contributed by atoms with Gasteiger partial charge in [-0.2, -0.15) is 0 Å². The molecular weight excluding hydrogens is 284 g/mol. The summed E-state index contributed by atoms with van der Waals surface area (Å²) < 4.78 is 0. The Hall–Kier alpha value is -2.27. The van der Waals surface area contributed by atoms with Gasteiger partial charge in [-0.15, -0.1) is 0 Å². The Balaban J connectivity index is 1.65. The molecular formula is C16H14N2O2S. The fourth-order valence-corrected chi connectivity index (χ4v) is 3.16. The minimum Gasteiger partial charge on any atom is -0.349 e. The van der Waals surface area contributed by atoms with Crippen molar-refractivity contribution in [2.75, 3.05) is 0 Å². The number of benzene rings is 2. The van der Waals surface area contributed by atoms with Crippen LogP contribution in [0, 0.1) is 0 Å². The highest BCUT2D eigenvalue weighted by Crippen LogP contribution is 2.30. The number of fused-ring (bicyclic) bond motifs is 1. The summed E-state index contributed by atoms with van der Waals surface area (Å²) in [6, 6.07) is 17.0. The van der Waals surface area contributed by atoms with E-state index in [0.29, 0.717) is 12.1 Å². The third-order valence-electron chi connectivity index (χ3n) is 3.19. The number of rotatable bonds is 3. The molecule has 0 aromatic heterocycles. The van der Waals surface area contributed by atoms with E-state index >= 15 is 0 Å². The molecule has 3 rings (SSSR count). The molecule has 2 aromatic carbocycles. The van der Waals surface area contributed by atoms with Crippen LogP contribution in [0.25, 0.3) is 0 Å². The Bertz CT molecular complexity index is 673. The number of carbonyl (C=O) groups excluding carboxylic acids is 2. The molecule has 2 N–H and O–H groups in total. The van der Waals surface area contributed by atoms with Crippen LogP contribution >= 0.6 is 11.8 Å². The second kappa shape index (κ2) is 6.01. The van der Waals surface area contributed by atoms with E-state index in [1.807, 2.05) is 48.5 Å². The van der Waals surface area contributed by atoms with Crippen molar-refractivity contribution in [3.63, 3.8) is 0 Å². The number of carbonyl (C=O) groups is 2. The first-order chi connectivity index (χ1) is 10.2. The average Bonchev–Trinajstić information content (AvgIpc) is 2.53. The van der Waals surface area contributed by atoms with Crippen LogP contribution in [-0.2, 0) is 11.3 Å². The van der Waals surface area contributed by atoms with Crippen molar-refractivity contribution >= 4 is 23.6 Å². The fourth-order valence-electron chi connectivity index (χ4n) is 2.11. The Labute approximate surface area is 126 Å². The normalized spacial score (nSPS) is 16.8. The summed E-state index contributed by atoms with van der Waals surface area (Å²) in [5.41, 5.74) is 1.65. The highest BCUT2D eigenvalue weighted by molar-refractivity contribution is 8.00. The fraction of sp³-hybridized carbons (Fsp3) is 0.125. The lowest BCUT2D eigenvalue weighted by Gasteiger charge is -2.24. The van der Waals surface area contributed by atoms with Gasteiger partial charge < -0.3 is 10.6 Å². The second-order valence-corrected chi connectivity index (χ2v) is 5.82. The average molecular weight is 298 g/mol. The van der Waals surface area contributed by atoms with Gasteiger partial charge in [0, 0.05) is 11.4 Å². The van der Waals surface area contributed by atoms with Gasteiger partial charge in [0.1, 0.15) is 0 Å². The standard InChI is InChI=1S/C16H14N2O2S/c19-14-12-8-4-5-9-13(12)21-16(18-14)15(20)17-10-11-6-2-1-3-7-11/h1-9,16H,10H2,(H,17,20)(H,18,19)/t16-/m1/s1. The Morgan fingerprint density at radius 3 is 2.62 bits per heavy atom. The zero-order valence-corrected chi connectivity index (χ0v) is 12.0. The van der Waals surface area contributed by atoms with Gasteiger partial charge in [0.25, 0.3) is 11.8 Å². The molecule has 0 bridgehead atoms. The molecule has 21 heavy (non-hydrogen) atoms. The van der Waals surface area contributed by atoms with Crippen molar-refractivity contribution in [2.45, 2.75) is 16.8 Å². The monoisotopic (exact) mass is 298 g/mol. The van der Waals surface area contributed by atoms with E-state index in [9.17, 15) is 9.59 Å². The molecule has 106 valence electrons. The van der Waals surface area contributed by atoms with Crippen molar-refractivity contribution < 1.29 is 9.59 Å². The maximum absolute atomic E-state index is 12.2. The van der Waals surface area contributed by atoms with E-state index in [1.165, 1.54) is 11.8 Å². The third-order valence-corrected chi connectivity index (χ3v) is 4.36. The van der Waals surface area contributed by atoms with Gasteiger partial charge in [0.05, 0.1) is 5.56 Å². The molecule has 0 saturated heterocycles. The first-order valence-electron chi connectivity index (χ1n) is 6.62. The van der Waals surface area contributed by atoms with Crippen molar-refractivity contribution in [1.82, 2.24) is 10.6 Å². The number of thioether (sulfide) groups is 1. The predicted molar refractivity (Wildman–Crippen MR) is 81.8 cm³/mol. The summed E-state index contributed by atoms with van der Waals surface area (Å²) in [4.78, 5) is 25.0. The summed E-state index contributed by atoms with van der Waals surface area (Å²) in [6.07, 6.45) is 0. The number of nitrogens with one attached hydrogen (secondary N) is 2. The minimum absolute atomic E-state index is 0.188. The van der Waals surface area contributed by atoms with Crippen LogP contribution in [0.5, 0.6) is 0 Å². The van der Waals surface area contributed by atoms with Gasteiger partial charge in [0.2, 0.25) is 0 Å². The van der Waals surface area contributed by atoms with Crippen molar-refractivity contribution in [3.05, 3.63) is 65.7 Å². The molecule has 1 aliphatic heterocycles. The van der Waals surface area contributed by atoms with Crippen LogP contribution in [0.15, 0.2) is 59.5 Å². The largest absolute Gasteiger partial charge is 0.349 e. The van der Waals surface area contributed by atoms with Crippen molar-refractivity contribution in [1.29, 1.82) is 0 Å². The zero-order chi connectivity index (χ0) is 14.7. The topological polar surface area (TPSA) is 58.2 Å². The summed E-state index contributed by atoms with van der Waals surface area (Å²) >= 11 is 1.36. The summed E-state index contributed by atoms with van der Waals surface area (Å²) in [6.45, 7) is 0.453. The Morgan fingerprint density at radius 2 is 1.81 bits per heavy atom. The molecule has 0 fully saturated rings. The van der Waals surface area contributed by atoms with Crippen LogP contribution in [0.4, 0.5) is 0 Å². The van der Waals surface area contributed by atoms with E-state index in [1.54, 1.807) is 6.07 Å². The quantitative estimate of drug-likeness (QED) is 0.913. The van der Waals surface area contributed by atoms with Gasteiger partial charge in [-0.25, -0.2) is 0 Å². The summed E-state index contributed by atoms with van der Waals surface area (Å²) in [7, 11) is 0. The Morgan fingerprint density at radius 1 is 1.10 bits per heavy atom. The predicted octanol–water partition coefficient (Wildman–Crippen LogP) is 2.16. The molecule has 5 heteroatoms. The molecule has 2 amide bonds. The molecule has 1 aliphatic rings. The minimum atomic E-state index is -0.587. The first kappa shape index (κ1) is 13.7. The molecule has 4 nitrogen and oxygen atoms in total. The van der Waals surface area contributed by atoms with Gasteiger partial charge >= 0.3 is 0 Å². The highest BCUT2D eigenvalue weighted by Gasteiger charge is 2.29. The highest BCUT2D eigenvalue weighted by atomic mass is 32.2. The Kier molecular flexibility index (Phi) is 3.92. The molecule has 0 aliphatic carbocycles. The summed E-state index contributed by atoms with van der Waals surface area (Å²) in [5, 5.41) is 4.98. The molecule has 1 atom stereocenters. The van der Waals surface area contributed by atoms with Crippen LogP contribution in [0.1, 0.15) is 15.9 Å². The first-order valence-corrected chi connectivity index (χ1v) is 7.50. The number of hydrogen-bond donors (Lipinski definition) is 2. The van der Waals surface area contributed by atoms with Gasteiger partial charge in [-0.1, -0.05) is 54.2 Å². The van der Waals surface area contributed by atoms with E-state index in [2.05, 4.69) is 10.6 Å². The van der Waals surface area contributed by atoms with Crippen LogP contribution in [-0.4, -0.2) is 17.2 Å². The van der Waals surface area contributed by atoms with Gasteiger partial charge in [-0.3, -0.25) is 9.59 Å². The molecule has 0 spiro atoms.